The van der Waals surface area contributed by atoms with Crippen LogP contribution in [0.3, 0.4) is 0 Å². The zero-order chi connectivity index (χ0) is 10.8. The number of aryl methyl sites for hydroxylation is 1. The molecule has 0 bridgehead atoms. The van der Waals surface area contributed by atoms with Crippen LogP contribution in [-0.4, -0.2) is 24.7 Å². The third-order valence-corrected chi connectivity index (χ3v) is 2.20. The molecule has 0 aliphatic carbocycles. The first-order chi connectivity index (χ1) is 7.16. The van der Waals surface area contributed by atoms with E-state index in [-0.39, 0.29) is 6.04 Å². The normalized spacial score (nSPS) is 13.0. The summed E-state index contributed by atoms with van der Waals surface area (Å²) in [6, 6.07) is -0.142. The van der Waals surface area contributed by atoms with Crippen LogP contribution >= 0.6 is 0 Å². The minimum atomic E-state index is -0.142. The van der Waals surface area contributed by atoms with Crippen LogP contribution in [0.2, 0.25) is 0 Å². The second kappa shape index (κ2) is 3.82. The summed E-state index contributed by atoms with van der Waals surface area (Å²) in [5, 5.41) is 6.89. The van der Waals surface area contributed by atoms with Crippen LogP contribution in [0.25, 0.3) is 0 Å². The van der Waals surface area contributed by atoms with E-state index in [1.807, 2.05) is 24.7 Å². The standard InChI is InChI=1S/C9H14N6/c1-6(10)9-12-7(13-14-9)5-8-11-3-4-15(8)2/h3-4,6H,5,10H2,1-2H3,(H,12,13,14). The first kappa shape index (κ1) is 9.85. The van der Waals surface area contributed by atoms with Crippen molar-refractivity contribution in [3.63, 3.8) is 0 Å². The first-order valence-corrected chi connectivity index (χ1v) is 4.80. The highest BCUT2D eigenvalue weighted by Crippen LogP contribution is 2.05. The van der Waals surface area contributed by atoms with Gasteiger partial charge in [0.05, 0.1) is 12.5 Å². The molecule has 6 nitrogen and oxygen atoms in total. The Morgan fingerprint density at radius 1 is 1.60 bits per heavy atom. The van der Waals surface area contributed by atoms with E-state index in [1.54, 1.807) is 6.20 Å². The van der Waals surface area contributed by atoms with Crippen LogP contribution in [0.4, 0.5) is 0 Å². The number of nitrogens with two attached hydrogens (primary N) is 1. The lowest BCUT2D eigenvalue weighted by Crippen LogP contribution is -2.07. The Morgan fingerprint density at radius 3 is 2.93 bits per heavy atom. The molecular formula is C9H14N6. The lowest BCUT2D eigenvalue weighted by Gasteiger charge is -1.97. The van der Waals surface area contributed by atoms with Crippen molar-refractivity contribution < 1.29 is 0 Å². The fraction of sp³-hybridized carbons (Fsp3) is 0.444. The number of hydrogen-bond acceptors (Lipinski definition) is 4. The molecule has 1 atom stereocenters. The molecular weight excluding hydrogens is 192 g/mol. The summed E-state index contributed by atoms with van der Waals surface area (Å²) in [6.45, 7) is 1.85. The zero-order valence-corrected chi connectivity index (χ0v) is 8.81. The van der Waals surface area contributed by atoms with Crippen LogP contribution in [0.1, 0.15) is 30.4 Å². The SMILES string of the molecule is CC(N)c1n[nH]c(Cc2nccn2C)n1. The van der Waals surface area contributed by atoms with E-state index < -0.39 is 0 Å². The van der Waals surface area contributed by atoms with E-state index in [9.17, 15) is 0 Å². The monoisotopic (exact) mass is 206 g/mol. The Kier molecular flexibility index (Phi) is 2.51. The van der Waals surface area contributed by atoms with E-state index in [1.165, 1.54) is 0 Å². The number of rotatable bonds is 3. The van der Waals surface area contributed by atoms with E-state index in [4.69, 9.17) is 5.73 Å². The molecule has 2 rings (SSSR count). The molecule has 2 aromatic rings. The number of aromatic nitrogens is 5. The predicted octanol–water partition coefficient (Wildman–Crippen LogP) is 0.149. The molecule has 2 heterocycles. The summed E-state index contributed by atoms with van der Waals surface area (Å²) >= 11 is 0. The molecule has 1 unspecified atom stereocenters. The van der Waals surface area contributed by atoms with Crippen molar-refractivity contribution in [2.24, 2.45) is 12.8 Å². The van der Waals surface area contributed by atoms with Crippen molar-refractivity contribution in [3.05, 3.63) is 29.9 Å². The van der Waals surface area contributed by atoms with E-state index in [2.05, 4.69) is 20.2 Å². The summed E-state index contributed by atoms with van der Waals surface area (Å²) in [4.78, 5) is 8.49. The minimum Gasteiger partial charge on any atom is -0.338 e. The van der Waals surface area contributed by atoms with Crippen LogP contribution < -0.4 is 5.73 Å². The average Bonchev–Trinajstić information content (AvgIpc) is 2.77. The molecule has 0 saturated heterocycles. The fourth-order valence-corrected chi connectivity index (χ4v) is 1.31. The summed E-state index contributed by atoms with van der Waals surface area (Å²) in [5.74, 6) is 2.37. The van der Waals surface area contributed by atoms with Gasteiger partial charge in [0.2, 0.25) is 0 Å². The summed E-state index contributed by atoms with van der Waals surface area (Å²) in [6.07, 6.45) is 4.31. The minimum absolute atomic E-state index is 0.142. The fourth-order valence-electron chi connectivity index (χ4n) is 1.31. The third kappa shape index (κ3) is 2.04. The average molecular weight is 206 g/mol. The number of hydrogen-bond donors (Lipinski definition) is 2. The Hall–Kier alpha value is -1.69. The number of nitrogens with one attached hydrogen (secondary N) is 1. The third-order valence-electron chi connectivity index (χ3n) is 2.20. The van der Waals surface area contributed by atoms with Crippen molar-refractivity contribution in [2.75, 3.05) is 0 Å². The van der Waals surface area contributed by atoms with Crippen molar-refractivity contribution in [1.82, 2.24) is 24.7 Å². The van der Waals surface area contributed by atoms with Gasteiger partial charge in [-0.2, -0.15) is 5.10 Å². The molecule has 0 aliphatic rings. The zero-order valence-electron chi connectivity index (χ0n) is 8.81. The molecule has 0 amide bonds. The van der Waals surface area contributed by atoms with Crippen molar-refractivity contribution >= 4 is 0 Å². The Morgan fingerprint density at radius 2 is 2.40 bits per heavy atom. The van der Waals surface area contributed by atoms with Crippen molar-refractivity contribution in [2.45, 2.75) is 19.4 Å². The molecule has 0 spiro atoms. The number of aromatic amines is 1. The van der Waals surface area contributed by atoms with E-state index in [0.29, 0.717) is 12.2 Å². The van der Waals surface area contributed by atoms with Gasteiger partial charge in [-0.1, -0.05) is 0 Å². The van der Waals surface area contributed by atoms with Crippen molar-refractivity contribution in [1.29, 1.82) is 0 Å². The van der Waals surface area contributed by atoms with Crippen LogP contribution in [0.15, 0.2) is 12.4 Å². The Labute approximate surface area is 87.5 Å². The van der Waals surface area contributed by atoms with E-state index >= 15 is 0 Å². The Bertz CT molecular complexity index is 441. The van der Waals surface area contributed by atoms with Gasteiger partial charge in [0.25, 0.3) is 0 Å². The number of imidazole rings is 1. The van der Waals surface area contributed by atoms with Gasteiger partial charge in [0, 0.05) is 19.4 Å². The molecule has 0 aliphatic heterocycles. The molecule has 3 N–H and O–H groups in total. The van der Waals surface area contributed by atoms with Gasteiger partial charge < -0.3 is 10.3 Å². The molecule has 0 radical (unpaired) electrons. The molecule has 80 valence electrons. The lowest BCUT2D eigenvalue weighted by molar-refractivity contribution is 0.744. The smallest absolute Gasteiger partial charge is 0.167 e. The lowest BCUT2D eigenvalue weighted by atomic mass is 10.3. The highest BCUT2D eigenvalue weighted by atomic mass is 15.2. The quantitative estimate of drug-likeness (QED) is 0.748. The maximum atomic E-state index is 5.66. The Balaban J connectivity index is 2.15. The van der Waals surface area contributed by atoms with E-state index in [0.717, 1.165) is 11.6 Å². The summed E-state index contributed by atoms with van der Waals surface area (Å²) in [7, 11) is 1.95. The molecule has 0 aromatic carbocycles. The largest absolute Gasteiger partial charge is 0.338 e. The van der Waals surface area contributed by atoms with Gasteiger partial charge in [-0.3, -0.25) is 5.10 Å². The second-order valence-electron chi connectivity index (χ2n) is 3.56. The molecule has 0 saturated carbocycles. The number of H-pyrrole nitrogens is 1. The molecule has 0 fully saturated rings. The van der Waals surface area contributed by atoms with Crippen LogP contribution in [0, 0.1) is 0 Å². The first-order valence-electron chi connectivity index (χ1n) is 4.80. The molecule has 6 heteroatoms. The summed E-state index contributed by atoms with van der Waals surface area (Å²) < 4.78 is 1.95. The van der Waals surface area contributed by atoms with Gasteiger partial charge in [0.15, 0.2) is 5.82 Å². The number of nitrogens with zero attached hydrogens (tertiary/aromatic N) is 4. The molecule has 15 heavy (non-hydrogen) atoms. The molecule has 2 aromatic heterocycles. The highest BCUT2D eigenvalue weighted by Gasteiger charge is 2.09. The van der Waals surface area contributed by atoms with Crippen LogP contribution in [0.5, 0.6) is 0 Å². The van der Waals surface area contributed by atoms with Gasteiger partial charge in [0.1, 0.15) is 11.6 Å². The second-order valence-corrected chi connectivity index (χ2v) is 3.56. The maximum absolute atomic E-state index is 5.66. The van der Waals surface area contributed by atoms with Gasteiger partial charge in [-0.05, 0) is 6.92 Å². The predicted molar refractivity (Wildman–Crippen MR) is 55.0 cm³/mol. The van der Waals surface area contributed by atoms with Crippen molar-refractivity contribution in [3.8, 4) is 0 Å². The maximum Gasteiger partial charge on any atom is 0.167 e. The van der Waals surface area contributed by atoms with Crippen LogP contribution in [-0.2, 0) is 13.5 Å². The highest BCUT2D eigenvalue weighted by molar-refractivity contribution is 5.03. The van der Waals surface area contributed by atoms with Gasteiger partial charge in [-0.25, -0.2) is 9.97 Å². The van der Waals surface area contributed by atoms with Gasteiger partial charge >= 0.3 is 0 Å². The topological polar surface area (TPSA) is 85.4 Å². The van der Waals surface area contributed by atoms with Gasteiger partial charge in [-0.15, -0.1) is 0 Å². The summed E-state index contributed by atoms with van der Waals surface area (Å²) in [5.41, 5.74) is 5.66.